The first-order chi connectivity index (χ1) is 15.1. The van der Waals surface area contributed by atoms with Gasteiger partial charge in [0.15, 0.2) is 5.65 Å². The van der Waals surface area contributed by atoms with Crippen LogP contribution in [0.3, 0.4) is 0 Å². The average Bonchev–Trinajstić information content (AvgIpc) is 3.24. The number of hydrogen-bond donors (Lipinski definition) is 2. The van der Waals surface area contributed by atoms with E-state index in [1.807, 2.05) is 10.9 Å². The lowest BCUT2D eigenvalue weighted by molar-refractivity contribution is 0.0920. The van der Waals surface area contributed by atoms with Crippen LogP contribution in [0, 0.1) is 11.8 Å². The smallest absolute Gasteiger partial charge is 0.255 e. The van der Waals surface area contributed by atoms with E-state index in [0.29, 0.717) is 23.4 Å². The maximum atomic E-state index is 13.4. The molecule has 170 valence electrons. The maximum absolute atomic E-state index is 13.4. The molecule has 2 heterocycles. The Morgan fingerprint density at radius 1 is 1.00 bits per heavy atom. The Hall–Kier alpha value is -2.11. The van der Waals surface area contributed by atoms with Crippen LogP contribution >= 0.6 is 0 Å². The monoisotopic (exact) mass is 425 g/mol. The average molecular weight is 426 g/mol. The fraction of sp³-hybridized carbons (Fsp3) is 0.720. The van der Waals surface area contributed by atoms with Crippen molar-refractivity contribution in [3.8, 4) is 0 Å². The van der Waals surface area contributed by atoms with Gasteiger partial charge in [0, 0.05) is 24.8 Å². The van der Waals surface area contributed by atoms with Crippen molar-refractivity contribution in [2.75, 3.05) is 5.32 Å². The molecule has 2 aliphatic carbocycles. The number of fused-ring (bicyclic) bond motifs is 1. The van der Waals surface area contributed by atoms with Crippen molar-refractivity contribution in [2.45, 2.75) is 104 Å². The maximum Gasteiger partial charge on any atom is 0.255 e. The minimum atomic E-state index is -0.0185. The summed E-state index contributed by atoms with van der Waals surface area (Å²) in [7, 11) is 0. The van der Waals surface area contributed by atoms with Crippen LogP contribution in [0.25, 0.3) is 11.0 Å². The van der Waals surface area contributed by atoms with Crippen LogP contribution in [-0.2, 0) is 6.54 Å². The van der Waals surface area contributed by atoms with E-state index in [1.165, 1.54) is 64.2 Å². The molecule has 2 aromatic rings. The molecular weight excluding hydrogens is 386 g/mol. The van der Waals surface area contributed by atoms with Gasteiger partial charge < -0.3 is 10.6 Å². The van der Waals surface area contributed by atoms with Crippen molar-refractivity contribution >= 4 is 22.6 Å². The number of carbonyl (C=O) groups excluding carboxylic acids is 1. The normalized spacial score (nSPS) is 20.5. The minimum absolute atomic E-state index is 0.0185. The summed E-state index contributed by atoms with van der Waals surface area (Å²) in [5.74, 6) is 1.21. The van der Waals surface area contributed by atoms with Gasteiger partial charge in [0.05, 0.1) is 22.8 Å². The van der Waals surface area contributed by atoms with Crippen LogP contribution in [0.1, 0.15) is 95.3 Å². The molecule has 2 saturated carbocycles. The molecule has 2 aliphatic rings. The highest BCUT2D eigenvalue weighted by Crippen LogP contribution is 2.32. The zero-order chi connectivity index (χ0) is 21.8. The van der Waals surface area contributed by atoms with Gasteiger partial charge in [0.25, 0.3) is 5.91 Å². The van der Waals surface area contributed by atoms with Crippen molar-refractivity contribution in [1.82, 2.24) is 20.1 Å². The lowest BCUT2D eigenvalue weighted by Gasteiger charge is -2.30. The number of aromatic nitrogens is 3. The molecule has 6 heteroatoms. The number of rotatable bonds is 7. The molecule has 0 bridgehead atoms. The Morgan fingerprint density at radius 2 is 1.61 bits per heavy atom. The zero-order valence-electron chi connectivity index (χ0n) is 19.5. The molecule has 2 N–H and O–H groups in total. The Bertz CT molecular complexity index is 879. The number of pyridine rings is 1. The van der Waals surface area contributed by atoms with Crippen LogP contribution < -0.4 is 10.6 Å². The number of aryl methyl sites for hydroxylation is 1. The number of nitrogens with one attached hydrogen (secondary N) is 2. The summed E-state index contributed by atoms with van der Waals surface area (Å²) in [6, 6.07) is 0.503. The molecule has 1 amide bonds. The predicted octanol–water partition coefficient (Wildman–Crippen LogP) is 5.53. The van der Waals surface area contributed by atoms with Gasteiger partial charge in [-0.25, -0.2) is 9.67 Å². The van der Waals surface area contributed by atoms with Crippen LogP contribution in [-0.4, -0.2) is 32.8 Å². The van der Waals surface area contributed by atoms with Gasteiger partial charge in [-0.15, -0.1) is 0 Å². The first-order valence-electron chi connectivity index (χ1n) is 12.5. The summed E-state index contributed by atoms with van der Waals surface area (Å²) in [4.78, 5) is 18.0. The van der Waals surface area contributed by atoms with E-state index in [1.54, 1.807) is 6.20 Å². The van der Waals surface area contributed by atoms with E-state index < -0.39 is 0 Å². The molecule has 31 heavy (non-hydrogen) atoms. The summed E-state index contributed by atoms with van der Waals surface area (Å²) in [5.41, 5.74) is 2.39. The number of nitrogens with zero attached hydrogens (tertiary/aromatic N) is 3. The van der Waals surface area contributed by atoms with Crippen molar-refractivity contribution in [3.63, 3.8) is 0 Å². The minimum Gasteiger partial charge on any atom is -0.381 e. The third-order valence-electron chi connectivity index (χ3n) is 7.66. The zero-order valence-corrected chi connectivity index (χ0v) is 19.5. The van der Waals surface area contributed by atoms with E-state index >= 15 is 0 Å². The first kappa shape index (κ1) is 22.1. The molecule has 0 saturated heterocycles. The molecule has 0 radical (unpaired) electrons. The highest BCUT2D eigenvalue weighted by molar-refractivity contribution is 6.06. The Balaban J connectivity index is 1.60. The van der Waals surface area contributed by atoms with E-state index in [4.69, 9.17) is 0 Å². The molecule has 4 rings (SSSR count). The molecule has 0 spiro atoms. The van der Waals surface area contributed by atoms with E-state index in [9.17, 15) is 4.79 Å². The van der Waals surface area contributed by atoms with Gasteiger partial charge in [-0.2, -0.15) is 5.10 Å². The molecule has 2 atom stereocenters. The lowest BCUT2D eigenvalue weighted by Crippen LogP contribution is -2.39. The molecule has 0 aliphatic heterocycles. The Morgan fingerprint density at radius 3 is 2.23 bits per heavy atom. The largest absolute Gasteiger partial charge is 0.381 e. The fourth-order valence-electron chi connectivity index (χ4n) is 5.60. The summed E-state index contributed by atoms with van der Waals surface area (Å²) < 4.78 is 1.90. The van der Waals surface area contributed by atoms with Crippen LogP contribution in [0.15, 0.2) is 12.4 Å². The molecule has 2 aromatic heterocycles. The molecule has 0 aromatic carbocycles. The standard InChI is InChI=1S/C25H39N5O/c1-4-30-24-21(16-27-30)23(28-17(2)19-11-7-5-8-12-19)22(15-26-24)25(31)29-18(3)20-13-9-6-10-14-20/h15-20H,4-14H2,1-3H3,(H,26,28)(H,29,31). The Labute approximate surface area is 186 Å². The highest BCUT2D eigenvalue weighted by Gasteiger charge is 2.26. The number of anilines is 1. The van der Waals surface area contributed by atoms with Gasteiger partial charge in [0.2, 0.25) is 0 Å². The van der Waals surface area contributed by atoms with E-state index in [2.05, 4.69) is 41.5 Å². The van der Waals surface area contributed by atoms with E-state index in [-0.39, 0.29) is 11.9 Å². The molecule has 2 fully saturated rings. The second kappa shape index (κ2) is 10.0. The van der Waals surface area contributed by atoms with Gasteiger partial charge in [0.1, 0.15) is 0 Å². The number of hydrogen-bond acceptors (Lipinski definition) is 4. The van der Waals surface area contributed by atoms with Crippen molar-refractivity contribution in [3.05, 3.63) is 18.0 Å². The second-order valence-corrected chi connectivity index (χ2v) is 9.74. The van der Waals surface area contributed by atoms with Crippen molar-refractivity contribution < 1.29 is 4.79 Å². The predicted molar refractivity (Wildman–Crippen MR) is 126 cm³/mol. The SMILES string of the molecule is CCn1ncc2c(NC(C)C3CCCCC3)c(C(=O)NC(C)C3CCCCC3)cnc21. The Kier molecular flexibility index (Phi) is 7.13. The summed E-state index contributed by atoms with van der Waals surface area (Å²) >= 11 is 0. The third kappa shape index (κ3) is 4.88. The second-order valence-electron chi connectivity index (χ2n) is 9.74. The van der Waals surface area contributed by atoms with E-state index in [0.717, 1.165) is 23.3 Å². The molecule has 2 unspecified atom stereocenters. The van der Waals surface area contributed by atoms with Crippen LogP contribution in [0.5, 0.6) is 0 Å². The highest BCUT2D eigenvalue weighted by atomic mass is 16.1. The van der Waals surface area contributed by atoms with Crippen molar-refractivity contribution in [2.24, 2.45) is 11.8 Å². The van der Waals surface area contributed by atoms with Gasteiger partial charge in [-0.1, -0.05) is 38.5 Å². The lowest BCUT2D eigenvalue weighted by atomic mass is 9.84. The fourth-order valence-corrected chi connectivity index (χ4v) is 5.60. The number of amides is 1. The van der Waals surface area contributed by atoms with Crippen LogP contribution in [0.4, 0.5) is 5.69 Å². The quantitative estimate of drug-likeness (QED) is 0.612. The van der Waals surface area contributed by atoms with Crippen molar-refractivity contribution in [1.29, 1.82) is 0 Å². The van der Waals surface area contributed by atoms with Gasteiger partial charge in [-0.05, 0) is 58.3 Å². The molecular formula is C25H39N5O. The van der Waals surface area contributed by atoms with Crippen LogP contribution in [0.2, 0.25) is 0 Å². The van der Waals surface area contributed by atoms with Gasteiger partial charge >= 0.3 is 0 Å². The topological polar surface area (TPSA) is 71.8 Å². The summed E-state index contributed by atoms with van der Waals surface area (Å²) in [6.07, 6.45) is 16.4. The molecule has 6 nitrogen and oxygen atoms in total. The van der Waals surface area contributed by atoms with Gasteiger partial charge in [-0.3, -0.25) is 4.79 Å². The summed E-state index contributed by atoms with van der Waals surface area (Å²) in [6.45, 7) is 7.25. The summed E-state index contributed by atoms with van der Waals surface area (Å²) in [5, 5.41) is 12.5. The number of carbonyl (C=O) groups is 1. The third-order valence-corrected chi connectivity index (χ3v) is 7.66. The first-order valence-corrected chi connectivity index (χ1v) is 12.5.